The molecule has 0 N–H and O–H groups in total. The van der Waals surface area contributed by atoms with Crippen molar-refractivity contribution in [2.45, 2.75) is 73.1 Å². The van der Waals surface area contributed by atoms with Gasteiger partial charge in [-0.25, -0.2) is 0 Å². The van der Waals surface area contributed by atoms with Crippen LogP contribution in [0, 0.1) is 13.8 Å². The molecule has 0 spiro atoms. The average Bonchev–Trinajstić information content (AvgIpc) is 2.88. The summed E-state index contributed by atoms with van der Waals surface area (Å²) in [6.07, 6.45) is 9.11. The third-order valence-electron chi connectivity index (χ3n) is 8.29. The van der Waals surface area contributed by atoms with Crippen LogP contribution in [-0.4, -0.2) is 38.1 Å². The molecule has 2 heterocycles. The predicted molar refractivity (Wildman–Crippen MR) is 158 cm³/mol. The van der Waals surface area contributed by atoms with Crippen LogP contribution in [0.2, 0.25) is 0 Å². The second-order valence-corrected chi connectivity index (χ2v) is 11.3. The molecular weight excluding hydrogens is 452 g/mol. The summed E-state index contributed by atoms with van der Waals surface area (Å²) in [7, 11) is 2.22. The van der Waals surface area contributed by atoms with E-state index in [4.69, 9.17) is 4.74 Å². The molecule has 2 aromatic carbocycles. The first-order chi connectivity index (χ1) is 17.9. The number of nitrogens with zero attached hydrogens (tertiary/aromatic N) is 2. The summed E-state index contributed by atoms with van der Waals surface area (Å²) in [6.45, 7) is 15.7. The van der Waals surface area contributed by atoms with Gasteiger partial charge in [0.05, 0.1) is 0 Å². The Balaban J connectivity index is 1.71. The summed E-state index contributed by atoms with van der Waals surface area (Å²) in [5, 5.41) is 0. The molecule has 196 valence electrons. The zero-order valence-corrected chi connectivity index (χ0v) is 23.8. The Morgan fingerprint density at radius 3 is 2.57 bits per heavy atom. The van der Waals surface area contributed by atoms with Crippen molar-refractivity contribution in [3.05, 3.63) is 86.7 Å². The van der Waals surface area contributed by atoms with Gasteiger partial charge in [0, 0.05) is 41.1 Å². The van der Waals surface area contributed by atoms with E-state index in [1.165, 1.54) is 68.6 Å². The molecule has 0 aromatic heterocycles. The molecule has 3 heteroatoms. The fourth-order valence-electron chi connectivity index (χ4n) is 6.37. The van der Waals surface area contributed by atoms with E-state index in [2.05, 4.69) is 87.9 Å². The Hall–Kier alpha value is -2.78. The van der Waals surface area contributed by atoms with E-state index in [1.54, 1.807) is 0 Å². The maximum Gasteiger partial charge on any atom is 0.140 e. The molecule has 0 fully saturated rings. The van der Waals surface area contributed by atoms with Gasteiger partial charge in [-0.05, 0) is 102 Å². The van der Waals surface area contributed by atoms with Crippen LogP contribution in [0.15, 0.2) is 58.9 Å². The van der Waals surface area contributed by atoms with Gasteiger partial charge in [-0.15, -0.1) is 0 Å². The summed E-state index contributed by atoms with van der Waals surface area (Å²) in [6, 6.07) is 11.5. The third-order valence-corrected chi connectivity index (χ3v) is 8.29. The number of allylic oxidation sites excluding steroid dienone is 3. The van der Waals surface area contributed by atoms with Gasteiger partial charge in [-0.1, -0.05) is 55.3 Å². The quantitative estimate of drug-likeness (QED) is 0.368. The molecule has 0 unspecified atom stereocenters. The Morgan fingerprint density at radius 2 is 1.84 bits per heavy atom. The highest BCUT2D eigenvalue weighted by Crippen LogP contribution is 2.51. The van der Waals surface area contributed by atoms with Crippen LogP contribution in [0.1, 0.15) is 80.7 Å². The molecule has 3 nitrogen and oxygen atoms in total. The lowest BCUT2D eigenvalue weighted by atomic mass is 9.80. The number of rotatable bonds is 8. The SMILES string of the molecule is CCCN1CCCc2c3c(cc(C)c21)C(c1ccc(C)cc1)=C1C=C(C)CC(CCCN(C)CC)=C1O3. The minimum absolute atomic E-state index is 1.02. The van der Waals surface area contributed by atoms with Crippen molar-refractivity contribution >= 4 is 11.3 Å². The normalized spacial score (nSPS) is 16.9. The Bertz CT molecular complexity index is 1260. The fraction of sp³-hybridized carbons (Fsp3) is 0.471. The van der Waals surface area contributed by atoms with Crippen molar-refractivity contribution in [1.29, 1.82) is 0 Å². The van der Waals surface area contributed by atoms with E-state index in [-0.39, 0.29) is 0 Å². The van der Waals surface area contributed by atoms with Crippen molar-refractivity contribution in [3.8, 4) is 5.75 Å². The summed E-state index contributed by atoms with van der Waals surface area (Å²) in [5.74, 6) is 2.25. The Morgan fingerprint density at radius 1 is 1.05 bits per heavy atom. The molecule has 2 aromatic rings. The highest BCUT2D eigenvalue weighted by Gasteiger charge is 2.34. The highest BCUT2D eigenvalue weighted by molar-refractivity contribution is 5.93. The van der Waals surface area contributed by atoms with Gasteiger partial charge >= 0.3 is 0 Å². The molecule has 0 radical (unpaired) electrons. The standard InChI is InChI=1S/C34H44N2O/c1-7-17-36-19-10-12-28-32(36)25(5)22-30-31(26-15-13-23(3)14-16-26)29-21-24(4)20-27(33(29)37-34(28)30)11-9-18-35(6)8-2/h13-16,21-22H,7-12,17-20H2,1-6H3. The molecule has 0 atom stereocenters. The van der Waals surface area contributed by atoms with Crippen LogP contribution in [0.3, 0.4) is 0 Å². The Labute approximate surface area is 224 Å². The fourth-order valence-corrected chi connectivity index (χ4v) is 6.37. The number of ether oxygens (including phenoxy) is 1. The van der Waals surface area contributed by atoms with Gasteiger partial charge in [0.25, 0.3) is 0 Å². The number of anilines is 1. The average molecular weight is 497 g/mol. The second-order valence-electron chi connectivity index (χ2n) is 11.3. The minimum atomic E-state index is 1.02. The number of benzene rings is 2. The maximum absolute atomic E-state index is 7.07. The van der Waals surface area contributed by atoms with Crippen molar-refractivity contribution in [2.24, 2.45) is 0 Å². The molecule has 37 heavy (non-hydrogen) atoms. The molecule has 0 saturated carbocycles. The summed E-state index contributed by atoms with van der Waals surface area (Å²) in [4.78, 5) is 5.01. The monoisotopic (exact) mass is 496 g/mol. The van der Waals surface area contributed by atoms with E-state index < -0.39 is 0 Å². The Kier molecular flexibility index (Phi) is 7.62. The topological polar surface area (TPSA) is 15.7 Å². The number of hydrogen-bond acceptors (Lipinski definition) is 3. The zero-order valence-electron chi connectivity index (χ0n) is 23.8. The highest BCUT2D eigenvalue weighted by atomic mass is 16.5. The first kappa shape index (κ1) is 25.9. The van der Waals surface area contributed by atoms with Crippen LogP contribution in [0.5, 0.6) is 5.75 Å². The maximum atomic E-state index is 7.07. The number of aryl methyl sites for hydroxylation is 2. The lowest BCUT2D eigenvalue weighted by Gasteiger charge is -2.37. The molecule has 2 aliphatic heterocycles. The first-order valence-corrected chi connectivity index (χ1v) is 14.4. The van der Waals surface area contributed by atoms with Crippen LogP contribution in [0.4, 0.5) is 5.69 Å². The van der Waals surface area contributed by atoms with E-state index in [0.29, 0.717) is 0 Å². The molecule has 0 saturated heterocycles. The van der Waals surface area contributed by atoms with Crippen molar-refractivity contribution in [3.63, 3.8) is 0 Å². The van der Waals surface area contributed by atoms with Gasteiger partial charge in [-0.3, -0.25) is 0 Å². The second kappa shape index (κ2) is 10.9. The van der Waals surface area contributed by atoms with Crippen LogP contribution in [0.25, 0.3) is 5.57 Å². The predicted octanol–water partition coefficient (Wildman–Crippen LogP) is 8.00. The van der Waals surface area contributed by atoms with Crippen LogP contribution in [-0.2, 0) is 6.42 Å². The van der Waals surface area contributed by atoms with Crippen molar-refractivity contribution in [2.75, 3.05) is 38.1 Å². The molecule has 0 amide bonds. The van der Waals surface area contributed by atoms with E-state index in [9.17, 15) is 0 Å². The first-order valence-electron chi connectivity index (χ1n) is 14.4. The van der Waals surface area contributed by atoms with Crippen LogP contribution >= 0.6 is 0 Å². The van der Waals surface area contributed by atoms with Gasteiger partial charge in [0.15, 0.2) is 0 Å². The summed E-state index contributed by atoms with van der Waals surface area (Å²) < 4.78 is 7.07. The van der Waals surface area contributed by atoms with Crippen molar-refractivity contribution in [1.82, 2.24) is 4.90 Å². The summed E-state index contributed by atoms with van der Waals surface area (Å²) in [5.41, 5.74) is 13.6. The van der Waals surface area contributed by atoms with E-state index in [1.807, 2.05) is 0 Å². The van der Waals surface area contributed by atoms with Gasteiger partial charge in [0.1, 0.15) is 11.5 Å². The minimum Gasteiger partial charge on any atom is -0.456 e. The third kappa shape index (κ3) is 5.03. The zero-order chi connectivity index (χ0) is 26.1. The van der Waals surface area contributed by atoms with Gasteiger partial charge < -0.3 is 14.5 Å². The lowest BCUT2D eigenvalue weighted by Crippen LogP contribution is -2.31. The number of fused-ring (bicyclic) bond motifs is 4. The van der Waals surface area contributed by atoms with E-state index >= 15 is 0 Å². The number of hydrogen-bond donors (Lipinski definition) is 0. The van der Waals surface area contributed by atoms with Gasteiger partial charge in [0.2, 0.25) is 0 Å². The summed E-state index contributed by atoms with van der Waals surface area (Å²) >= 11 is 0. The van der Waals surface area contributed by atoms with E-state index in [0.717, 1.165) is 63.4 Å². The molecule has 0 bridgehead atoms. The molecule has 5 rings (SSSR count). The lowest BCUT2D eigenvalue weighted by molar-refractivity contribution is 0.344. The molecule has 1 aliphatic carbocycles. The van der Waals surface area contributed by atoms with Crippen LogP contribution < -0.4 is 9.64 Å². The molecule has 3 aliphatic rings. The van der Waals surface area contributed by atoms with Gasteiger partial charge in [-0.2, -0.15) is 0 Å². The molecular formula is C34H44N2O. The van der Waals surface area contributed by atoms with Crippen molar-refractivity contribution < 1.29 is 4.74 Å². The smallest absolute Gasteiger partial charge is 0.140 e. The largest absolute Gasteiger partial charge is 0.456 e.